The number of nitrogens with zero attached hydrogens (tertiary/aromatic N) is 3. The number of aromatic nitrogens is 3. The van der Waals surface area contributed by atoms with Crippen molar-refractivity contribution in [1.82, 2.24) is 20.1 Å². The van der Waals surface area contributed by atoms with Crippen LogP contribution in [-0.2, 0) is 6.42 Å². The van der Waals surface area contributed by atoms with Crippen molar-refractivity contribution in [3.05, 3.63) is 89.4 Å². The highest BCUT2D eigenvalue weighted by Crippen LogP contribution is 2.20. The first-order chi connectivity index (χ1) is 13.6. The summed E-state index contributed by atoms with van der Waals surface area (Å²) in [5.41, 5.74) is 5.42. The number of para-hydroxylation sites is 1. The van der Waals surface area contributed by atoms with E-state index in [9.17, 15) is 4.79 Å². The molecule has 0 bridgehead atoms. The molecule has 0 atom stereocenters. The first-order valence-corrected chi connectivity index (χ1v) is 9.36. The fourth-order valence-corrected chi connectivity index (χ4v) is 3.28. The van der Waals surface area contributed by atoms with Crippen molar-refractivity contribution in [1.29, 1.82) is 0 Å². The molecule has 0 aliphatic rings. The fourth-order valence-electron chi connectivity index (χ4n) is 3.28. The second kappa shape index (κ2) is 7.64. The van der Waals surface area contributed by atoms with Gasteiger partial charge in [0.15, 0.2) is 0 Å². The zero-order chi connectivity index (χ0) is 19.5. The van der Waals surface area contributed by atoms with Crippen molar-refractivity contribution >= 4 is 16.8 Å². The normalized spacial score (nSPS) is 10.9. The fraction of sp³-hybridized carbons (Fsp3) is 0.174. The Morgan fingerprint density at radius 1 is 1.04 bits per heavy atom. The van der Waals surface area contributed by atoms with E-state index in [2.05, 4.69) is 15.4 Å². The quantitative estimate of drug-likeness (QED) is 0.577. The predicted octanol–water partition coefficient (Wildman–Crippen LogP) is 4.01. The second-order valence-corrected chi connectivity index (χ2v) is 6.92. The summed E-state index contributed by atoms with van der Waals surface area (Å²) in [7, 11) is 0. The van der Waals surface area contributed by atoms with Crippen molar-refractivity contribution in [3.63, 3.8) is 0 Å². The summed E-state index contributed by atoms with van der Waals surface area (Å²) in [5.74, 6) is -0.0800. The molecular formula is C23H22N4O. The van der Waals surface area contributed by atoms with Crippen LogP contribution in [0.2, 0.25) is 0 Å². The summed E-state index contributed by atoms with van der Waals surface area (Å²) in [5, 5.41) is 8.49. The molecule has 0 aliphatic heterocycles. The molecule has 1 N–H and O–H groups in total. The van der Waals surface area contributed by atoms with Gasteiger partial charge in [0.2, 0.25) is 0 Å². The number of hydrogen-bond donors (Lipinski definition) is 1. The molecule has 4 rings (SSSR count). The predicted molar refractivity (Wildman–Crippen MR) is 111 cm³/mol. The largest absolute Gasteiger partial charge is 0.352 e. The summed E-state index contributed by atoms with van der Waals surface area (Å²) >= 11 is 0. The van der Waals surface area contributed by atoms with Gasteiger partial charge in [0.1, 0.15) is 0 Å². The zero-order valence-corrected chi connectivity index (χ0v) is 16.0. The van der Waals surface area contributed by atoms with Crippen molar-refractivity contribution in [2.75, 3.05) is 6.54 Å². The Bertz CT molecular complexity index is 1130. The molecule has 0 saturated heterocycles. The average Bonchev–Trinajstić information content (AvgIpc) is 3.17. The molecule has 28 heavy (non-hydrogen) atoms. The average molecular weight is 370 g/mol. The molecule has 0 spiro atoms. The van der Waals surface area contributed by atoms with Crippen molar-refractivity contribution < 1.29 is 4.79 Å². The Balaban J connectivity index is 1.45. The summed E-state index contributed by atoms with van der Waals surface area (Å²) in [6.07, 6.45) is 2.61. The van der Waals surface area contributed by atoms with Crippen LogP contribution in [-0.4, -0.2) is 27.2 Å². The Labute approximate surface area is 164 Å². The lowest BCUT2D eigenvalue weighted by Crippen LogP contribution is -2.26. The van der Waals surface area contributed by atoms with Crippen molar-refractivity contribution in [2.45, 2.75) is 20.3 Å². The van der Waals surface area contributed by atoms with Crippen LogP contribution in [0.25, 0.3) is 16.6 Å². The molecule has 140 valence electrons. The van der Waals surface area contributed by atoms with Gasteiger partial charge >= 0.3 is 0 Å². The summed E-state index contributed by atoms with van der Waals surface area (Å²) in [6.45, 7) is 4.45. The highest BCUT2D eigenvalue weighted by Gasteiger charge is 2.12. The number of carbonyl (C=O) groups is 1. The van der Waals surface area contributed by atoms with Crippen LogP contribution in [0.3, 0.4) is 0 Å². The zero-order valence-electron chi connectivity index (χ0n) is 16.0. The standard InChI is InChI=1S/C23H22N4O/c1-16-8-9-22-20(14-16)21(15-17(2)25-22)23(28)24-12-10-18-11-13-27(26-18)19-6-4-3-5-7-19/h3-9,11,13-15H,10,12H2,1-2H3,(H,24,28). The van der Waals surface area contributed by atoms with Crippen LogP contribution in [0.15, 0.2) is 66.9 Å². The topological polar surface area (TPSA) is 59.8 Å². The number of amides is 1. The van der Waals surface area contributed by atoms with Crippen molar-refractivity contribution in [2.24, 2.45) is 0 Å². The summed E-state index contributed by atoms with van der Waals surface area (Å²) < 4.78 is 1.85. The second-order valence-electron chi connectivity index (χ2n) is 6.92. The Morgan fingerprint density at radius 2 is 1.86 bits per heavy atom. The van der Waals surface area contributed by atoms with Gasteiger partial charge in [-0.3, -0.25) is 9.78 Å². The van der Waals surface area contributed by atoms with Gasteiger partial charge in [-0.1, -0.05) is 29.8 Å². The monoisotopic (exact) mass is 370 g/mol. The molecule has 5 nitrogen and oxygen atoms in total. The van der Waals surface area contributed by atoms with Crippen LogP contribution in [0.1, 0.15) is 27.3 Å². The minimum atomic E-state index is -0.0800. The first kappa shape index (κ1) is 17.9. The lowest BCUT2D eigenvalue weighted by atomic mass is 10.0. The number of aryl methyl sites for hydroxylation is 2. The van der Waals surface area contributed by atoms with Gasteiger partial charge in [-0.2, -0.15) is 5.10 Å². The maximum Gasteiger partial charge on any atom is 0.252 e. The number of fused-ring (bicyclic) bond motifs is 1. The third kappa shape index (κ3) is 3.78. The number of carbonyl (C=O) groups excluding carboxylic acids is 1. The maximum absolute atomic E-state index is 12.8. The minimum Gasteiger partial charge on any atom is -0.352 e. The van der Waals surface area contributed by atoms with Gasteiger partial charge in [-0.25, -0.2) is 4.68 Å². The van der Waals surface area contributed by atoms with Crippen LogP contribution in [0.4, 0.5) is 0 Å². The molecule has 2 aromatic heterocycles. The van der Waals surface area contributed by atoms with E-state index < -0.39 is 0 Å². The molecule has 0 saturated carbocycles. The maximum atomic E-state index is 12.8. The molecule has 1 amide bonds. The molecule has 0 unspecified atom stereocenters. The van der Waals surface area contributed by atoms with E-state index in [1.165, 1.54) is 0 Å². The van der Waals surface area contributed by atoms with Crippen molar-refractivity contribution in [3.8, 4) is 5.69 Å². The lowest BCUT2D eigenvalue weighted by molar-refractivity contribution is 0.0955. The number of nitrogens with one attached hydrogen (secondary N) is 1. The SMILES string of the molecule is Cc1ccc2nc(C)cc(C(=O)NCCc3ccn(-c4ccccc4)n3)c2c1. The lowest BCUT2D eigenvalue weighted by Gasteiger charge is -2.09. The molecule has 0 fully saturated rings. The molecular weight excluding hydrogens is 348 g/mol. The van der Waals surface area contributed by atoms with E-state index in [0.29, 0.717) is 18.5 Å². The van der Waals surface area contributed by atoms with Gasteiger partial charge < -0.3 is 5.32 Å². The third-order valence-corrected chi connectivity index (χ3v) is 4.67. The molecule has 2 aromatic carbocycles. The molecule has 4 aromatic rings. The Kier molecular flexibility index (Phi) is 4.89. The highest BCUT2D eigenvalue weighted by molar-refractivity contribution is 6.06. The Hall–Kier alpha value is -3.47. The van der Waals surface area contributed by atoms with Crippen LogP contribution in [0, 0.1) is 13.8 Å². The van der Waals surface area contributed by atoms with Gasteiger partial charge in [-0.15, -0.1) is 0 Å². The van der Waals surface area contributed by atoms with Gasteiger partial charge in [0.05, 0.1) is 22.5 Å². The molecule has 5 heteroatoms. The highest BCUT2D eigenvalue weighted by atomic mass is 16.1. The van der Waals surface area contributed by atoms with E-state index in [4.69, 9.17) is 0 Å². The number of benzene rings is 2. The number of hydrogen-bond acceptors (Lipinski definition) is 3. The molecule has 2 heterocycles. The first-order valence-electron chi connectivity index (χ1n) is 9.36. The van der Waals surface area contributed by atoms with E-state index in [0.717, 1.165) is 33.5 Å². The third-order valence-electron chi connectivity index (χ3n) is 4.67. The van der Waals surface area contributed by atoms with E-state index in [1.807, 2.05) is 85.4 Å². The minimum absolute atomic E-state index is 0.0800. The van der Waals surface area contributed by atoms with Crippen LogP contribution < -0.4 is 5.32 Å². The Morgan fingerprint density at radius 3 is 2.68 bits per heavy atom. The summed E-state index contributed by atoms with van der Waals surface area (Å²) in [6, 6.07) is 19.8. The van der Waals surface area contributed by atoms with Crippen LogP contribution in [0.5, 0.6) is 0 Å². The smallest absolute Gasteiger partial charge is 0.252 e. The van der Waals surface area contributed by atoms with Crippen LogP contribution >= 0.6 is 0 Å². The van der Waals surface area contributed by atoms with E-state index in [-0.39, 0.29) is 5.91 Å². The number of pyridine rings is 1. The molecule has 0 aliphatic carbocycles. The van der Waals surface area contributed by atoms with E-state index >= 15 is 0 Å². The molecule has 0 radical (unpaired) electrons. The van der Waals surface area contributed by atoms with Gasteiger partial charge in [0.25, 0.3) is 5.91 Å². The van der Waals surface area contributed by atoms with Gasteiger partial charge in [-0.05, 0) is 50.2 Å². The number of rotatable bonds is 5. The van der Waals surface area contributed by atoms with E-state index in [1.54, 1.807) is 0 Å². The van der Waals surface area contributed by atoms with Gasteiger partial charge in [0, 0.05) is 30.2 Å². The summed E-state index contributed by atoms with van der Waals surface area (Å²) in [4.78, 5) is 17.3.